The molecule has 1 saturated carbocycles. The van der Waals surface area contributed by atoms with Gasteiger partial charge in [-0.05, 0) is 91.3 Å². The smallest absolute Gasteiger partial charge is 0.271 e. The van der Waals surface area contributed by atoms with Gasteiger partial charge in [0.25, 0.3) is 17.5 Å². The Morgan fingerprint density at radius 2 is 1.62 bits per heavy atom. The van der Waals surface area contributed by atoms with Crippen LogP contribution in [0.3, 0.4) is 0 Å². The van der Waals surface area contributed by atoms with Crippen molar-refractivity contribution in [3.05, 3.63) is 133 Å². The summed E-state index contributed by atoms with van der Waals surface area (Å²) in [6, 6.07) is 20.6. The van der Waals surface area contributed by atoms with Crippen LogP contribution in [0.1, 0.15) is 41.0 Å². The fourth-order valence-electron chi connectivity index (χ4n) is 9.37. The molecule has 2 heterocycles. The summed E-state index contributed by atoms with van der Waals surface area (Å²) in [5.41, 5.74) is 4.48. The van der Waals surface area contributed by atoms with Gasteiger partial charge in [-0.1, -0.05) is 65.2 Å². The lowest BCUT2D eigenvalue weighted by atomic mass is 9.49. The second-order valence-corrected chi connectivity index (χ2v) is 15.3. The number of amides is 4. The number of phenolic OH excluding ortho intramolecular Hbond substituents is 1. The van der Waals surface area contributed by atoms with E-state index in [1.807, 2.05) is 6.08 Å². The van der Waals surface area contributed by atoms with E-state index in [4.69, 9.17) is 27.9 Å². The number of carbonyl (C=O) groups excluding carboxylic acids is 4. The van der Waals surface area contributed by atoms with E-state index in [1.165, 1.54) is 37.4 Å². The third-order valence-electron chi connectivity index (χ3n) is 11.7. The summed E-state index contributed by atoms with van der Waals surface area (Å²) >= 11 is 12.7. The highest BCUT2D eigenvalue weighted by Gasteiger charge is 2.70. The Labute approximate surface area is 325 Å². The first-order valence-electron chi connectivity index (χ1n) is 17.6. The third kappa shape index (κ3) is 5.41. The van der Waals surface area contributed by atoms with E-state index >= 15 is 4.79 Å². The summed E-state index contributed by atoms with van der Waals surface area (Å²) in [6.45, 7) is 3.51. The van der Waals surface area contributed by atoms with Gasteiger partial charge in [0.2, 0.25) is 11.8 Å². The number of nitrogens with zero attached hydrogens (tertiary/aromatic N) is 3. The molecule has 4 aliphatic rings. The van der Waals surface area contributed by atoms with Crippen LogP contribution in [0.5, 0.6) is 11.5 Å². The number of methoxy groups -OCH3 is 1. The van der Waals surface area contributed by atoms with E-state index in [0.29, 0.717) is 38.6 Å². The molecule has 2 aliphatic carbocycles. The van der Waals surface area contributed by atoms with Gasteiger partial charge in [-0.15, -0.1) is 0 Å². The number of anilines is 2. The summed E-state index contributed by atoms with van der Waals surface area (Å²) < 4.78 is 5.46. The molecule has 3 fully saturated rings. The Kier molecular flexibility index (Phi) is 8.73. The minimum atomic E-state index is -1.58. The van der Waals surface area contributed by atoms with E-state index < -0.39 is 63.6 Å². The fraction of sp³-hybridized carbons (Fsp3) is 0.268. The summed E-state index contributed by atoms with van der Waals surface area (Å²) in [4.78, 5) is 71.1. The lowest BCUT2D eigenvalue weighted by Crippen LogP contribution is -2.53. The Hall–Kier alpha value is -5.72. The molecule has 280 valence electrons. The molecule has 14 heteroatoms. The van der Waals surface area contributed by atoms with Crippen LogP contribution >= 0.6 is 23.2 Å². The van der Waals surface area contributed by atoms with Gasteiger partial charge in [0.05, 0.1) is 51.6 Å². The lowest BCUT2D eigenvalue weighted by Gasteiger charge is -2.50. The SMILES string of the molecule is COc1ccc(C23C(=O)N(Nc4ccc(Cl)cc4Cl)C(=O)C2CC2C(=CCC4C(=O)N(c5cccc([N+](=O)[O-])c5)C(=O)C42)C3c2cc(C)c(O)c(C)c2)cc1. The molecule has 12 nitrogen and oxygen atoms in total. The van der Waals surface area contributed by atoms with Crippen molar-refractivity contribution in [3.63, 3.8) is 0 Å². The van der Waals surface area contributed by atoms with E-state index in [1.54, 1.807) is 62.4 Å². The number of nitro groups is 1. The van der Waals surface area contributed by atoms with E-state index in [2.05, 4.69) is 5.43 Å². The molecule has 6 unspecified atom stereocenters. The van der Waals surface area contributed by atoms with Crippen molar-refractivity contribution in [1.29, 1.82) is 0 Å². The third-order valence-corrected chi connectivity index (χ3v) is 12.3. The standard InChI is InChI=1S/C41H34Cl2N4O8/c1-20-15-22(16-21(2)36(20)48)35-28-12-13-29-34(39(51)45(37(29)49)25-5-4-6-26(18-25)47(53)54)30(28)19-31-38(50)46(44-33-14-9-24(42)17-32(33)43)40(52)41(31,35)23-7-10-27(55-3)11-8-23/h4-12,14-18,29-31,34-35,44,48H,13,19H2,1-3H3. The normalized spacial score (nSPS) is 25.7. The van der Waals surface area contributed by atoms with Crippen LogP contribution < -0.4 is 15.1 Å². The lowest BCUT2D eigenvalue weighted by molar-refractivity contribution is -0.384. The average molecular weight is 782 g/mol. The molecule has 0 radical (unpaired) electrons. The molecular weight excluding hydrogens is 747 g/mol. The van der Waals surface area contributed by atoms with Crippen LogP contribution in [0.25, 0.3) is 0 Å². The molecule has 4 aromatic carbocycles. The number of hydrogen-bond donors (Lipinski definition) is 2. The first kappa shape index (κ1) is 36.3. The van der Waals surface area contributed by atoms with Crippen LogP contribution in [0, 0.1) is 47.6 Å². The van der Waals surface area contributed by atoms with Crippen LogP contribution in [-0.2, 0) is 24.6 Å². The number of carbonyl (C=O) groups is 4. The minimum absolute atomic E-state index is 0.0322. The number of halogens is 2. The van der Waals surface area contributed by atoms with Gasteiger partial charge in [-0.3, -0.25) is 34.7 Å². The molecule has 4 aromatic rings. The zero-order valence-electron chi connectivity index (χ0n) is 29.8. The number of nitrogens with one attached hydrogen (secondary N) is 1. The number of fused-ring (bicyclic) bond motifs is 4. The Balaban J connectivity index is 1.34. The summed E-state index contributed by atoms with van der Waals surface area (Å²) in [5.74, 6) is -5.80. The highest BCUT2D eigenvalue weighted by atomic mass is 35.5. The van der Waals surface area contributed by atoms with Gasteiger partial charge < -0.3 is 9.84 Å². The van der Waals surface area contributed by atoms with Gasteiger partial charge in [0.15, 0.2) is 0 Å². The molecule has 55 heavy (non-hydrogen) atoms. The molecule has 0 spiro atoms. The van der Waals surface area contributed by atoms with Crippen molar-refractivity contribution in [2.45, 2.75) is 38.0 Å². The number of nitro benzene ring substituents is 1. The highest BCUT2D eigenvalue weighted by Crippen LogP contribution is 2.64. The predicted molar refractivity (Wildman–Crippen MR) is 204 cm³/mol. The minimum Gasteiger partial charge on any atom is -0.507 e. The summed E-state index contributed by atoms with van der Waals surface area (Å²) in [5, 5.41) is 24.1. The van der Waals surface area contributed by atoms with Gasteiger partial charge in [0.1, 0.15) is 11.5 Å². The van der Waals surface area contributed by atoms with Crippen LogP contribution in [0.2, 0.25) is 10.0 Å². The topological polar surface area (TPSA) is 159 Å². The molecule has 8 rings (SSSR count). The van der Waals surface area contributed by atoms with Crippen LogP contribution in [-0.4, -0.2) is 45.8 Å². The number of rotatable bonds is 7. The Morgan fingerprint density at radius 3 is 2.27 bits per heavy atom. The Bertz CT molecular complexity index is 2360. The number of hydrazine groups is 1. The quantitative estimate of drug-likeness (QED) is 0.0842. The van der Waals surface area contributed by atoms with Gasteiger partial charge >= 0.3 is 0 Å². The van der Waals surface area contributed by atoms with E-state index in [0.717, 1.165) is 9.91 Å². The van der Waals surface area contributed by atoms with E-state index in [9.17, 15) is 29.6 Å². The van der Waals surface area contributed by atoms with Crippen molar-refractivity contribution in [2.24, 2.45) is 23.7 Å². The first-order chi connectivity index (χ1) is 26.3. The van der Waals surface area contributed by atoms with Crippen molar-refractivity contribution < 1.29 is 33.9 Å². The Morgan fingerprint density at radius 1 is 0.909 bits per heavy atom. The van der Waals surface area contributed by atoms with E-state index in [-0.39, 0.29) is 40.7 Å². The molecule has 4 amide bonds. The maximum absolute atomic E-state index is 15.5. The fourth-order valence-corrected chi connectivity index (χ4v) is 9.83. The number of benzene rings is 4. The maximum Gasteiger partial charge on any atom is 0.271 e. The van der Waals surface area contributed by atoms with Crippen molar-refractivity contribution >= 4 is 63.9 Å². The van der Waals surface area contributed by atoms with Crippen molar-refractivity contribution in [1.82, 2.24) is 5.01 Å². The molecule has 2 saturated heterocycles. The number of ether oxygens (including phenoxy) is 1. The number of imide groups is 2. The number of phenols is 1. The predicted octanol–water partition coefficient (Wildman–Crippen LogP) is 7.42. The summed E-state index contributed by atoms with van der Waals surface area (Å²) in [7, 11) is 1.53. The molecule has 2 aliphatic heterocycles. The average Bonchev–Trinajstić information content (AvgIpc) is 3.55. The molecular formula is C41H34Cl2N4O8. The number of hydrogen-bond acceptors (Lipinski definition) is 9. The summed E-state index contributed by atoms with van der Waals surface area (Å²) in [6.07, 6.45) is 2.11. The molecule has 0 bridgehead atoms. The van der Waals surface area contributed by atoms with Gasteiger partial charge in [-0.2, -0.15) is 5.01 Å². The molecule has 6 atom stereocenters. The maximum atomic E-state index is 15.5. The zero-order valence-corrected chi connectivity index (χ0v) is 31.3. The second-order valence-electron chi connectivity index (χ2n) is 14.5. The van der Waals surface area contributed by atoms with Gasteiger partial charge in [-0.25, -0.2) is 4.90 Å². The second kappa shape index (κ2) is 13.2. The number of non-ortho nitro benzene ring substituents is 1. The number of aromatic hydroxyl groups is 1. The zero-order chi connectivity index (χ0) is 39.1. The van der Waals surface area contributed by atoms with Crippen LogP contribution in [0.15, 0.2) is 90.5 Å². The number of aryl methyl sites for hydroxylation is 2. The largest absolute Gasteiger partial charge is 0.507 e. The monoisotopic (exact) mass is 780 g/mol. The van der Waals surface area contributed by atoms with Crippen molar-refractivity contribution in [2.75, 3.05) is 17.4 Å². The van der Waals surface area contributed by atoms with Crippen LogP contribution in [0.4, 0.5) is 17.1 Å². The molecule has 0 aromatic heterocycles. The van der Waals surface area contributed by atoms with Gasteiger partial charge in [0, 0.05) is 23.1 Å². The number of allylic oxidation sites excluding steroid dienone is 2. The van der Waals surface area contributed by atoms with Crippen molar-refractivity contribution in [3.8, 4) is 11.5 Å². The molecule has 2 N–H and O–H groups in total. The first-order valence-corrected chi connectivity index (χ1v) is 18.4. The highest BCUT2D eigenvalue weighted by molar-refractivity contribution is 6.36.